The van der Waals surface area contributed by atoms with Crippen LogP contribution in [0.25, 0.3) is 11.8 Å². The lowest BCUT2D eigenvalue weighted by atomic mass is 9.76. The second kappa shape index (κ2) is 11.0. The van der Waals surface area contributed by atoms with Gasteiger partial charge in [0.05, 0.1) is 11.4 Å². The number of nitrogens with zero attached hydrogens (tertiary/aromatic N) is 5. The standard InChI is InChI=1S/C28H32F3N7O3/c1-3-4-18-5-6-21(38-10-7-17(2)36-38)19(13-18)24(28(29,30)31)41-23-14-22(34-26(32)35-23)37-11-8-27(9-12-37)15-20(25(39)40)33-16-27/h3-7,10,13-14,20,24,33H,8-9,11-12,15-16H2,1-2H3,(H,39,40)(H2,32,34,35)/b4-3+. The summed E-state index contributed by atoms with van der Waals surface area (Å²) in [5.41, 5.74) is 7.12. The largest absolute Gasteiger partial charge is 0.480 e. The van der Waals surface area contributed by atoms with E-state index in [-0.39, 0.29) is 28.5 Å². The molecule has 1 aromatic carbocycles. The fraction of sp³-hybridized carbons (Fsp3) is 0.429. The van der Waals surface area contributed by atoms with Gasteiger partial charge in [-0.2, -0.15) is 28.2 Å². The van der Waals surface area contributed by atoms with Gasteiger partial charge in [-0.05, 0) is 62.3 Å². The molecular formula is C28H32F3N7O3. The number of carbonyl (C=O) groups is 1. The molecule has 2 fully saturated rings. The van der Waals surface area contributed by atoms with Crippen LogP contribution in [-0.2, 0) is 4.79 Å². The molecule has 3 aromatic rings. The van der Waals surface area contributed by atoms with Crippen LogP contribution < -0.4 is 20.7 Å². The van der Waals surface area contributed by atoms with Crippen molar-refractivity contribution < 1.29 is 27.8 Å². The zero-order valence-corrected chi connectivity index (χ0v) is 22.7. The molecule has 4 N–H and O–H groups in total. The van der Waals surface area contributed by atoms with Crippen molar-refractivity contribution in [2.24, 2.45) is 5.41 Å². The fourth-order valence-corrected chi connectivity index (χ4v) is 5.60. The van der Waals surface area contributed by atoms with Gasteiger partial charge in [0, 0.05) is 37.5 Å². The van der Waals surface area contributed by atoms with Gasteiger partial charge in [0.2, 0.25) is 17.9 Å². The van der Waals surface area contributed by atoms with Crippen LogP contribution in [0.1, 0.15) is 49.1 Å². The Morgan fingerprint density at radius 1 is 1.24 bits per heavy atom. The smallest absolute Gasteiger partial charge is 0.429 e. The molecule has 218 valence electrons. The molecule has 0 aliphatic carbocycles. The lowest BCUT2D eigenvalue weighted by molar-refractivity contribution is -0.198. The number of aromatic nitrogens is 4. The minimum absolute atomic E-state index is 0.128. The number of aryl methyl sites for hydroxylation is 1. The molecule has 0 saturated carbocycles. The van der Waals surface area contributed by atoms with E-state index in [9.17, 15) is 23.1 Å². The lowest BCUT2D eigenvalue weighted by Gasteiger charge is -2.39. The second-order valence-electron chi connectivity index (χ2n) is 10.6. The Labute approximate surface area is 235 Å². The van der Waals surface area contributed by atoms with Crippen LogP contribution in [0.5, 0.6) is 5.88 Å². The Hall–Kier alpha value is -4.13. The van der Waals surface area contributed by atoms with Crippen molar-refractivity contribution in [2.45, 2.75) is 51.4 Å². The number of alkyl halides is 3. The number of aliphatic carboxylic acids is 1. The van der Waals surface area contributed by atoms with E-state index in [1.165, 1.54) is 16.8 Å². The van der Waals surface area contributed by atoms with E-state index in [0.717, 1.165) is 0 Å². The molecule has 2 aliphatic rings. The zero-order chi connectivity index (χ0) is 29.4. The van der Waals surface area contributed by atoms with Crippen LogP contribution in [0.4, 0.5) is 24.9 Å². The molecule has 41 heavy (non-hydrogen) atoms. The molecule has 2 aromatic heterocycles. The molecule has 2 unspecified atom stereocenters. The van der Waals surface area contributed by atoms with Crippen molar-refractivity contribution in [3.8, 4) is 11.6 Å². The molecular weight excluding hydrogens is 539 g/mol. The number of allylic oxidation sites excluding steroid dienone is 1. The molecule has 2 atom stereocenters. The molecule has 13 heteroatoms. The van der Waals surface area contributed by atoms with Crippen molar-refractivity contribution in [3.63, 3.8) is 0 Å². The Morgan fingerprint density at radius 2 is 2.00 bits per heavy atom. The number of nitrogen functional groups attached to an aromatic ring is 1. The van der Waals surface area contributed by atoms with E-state index in [1.807, 2.05) is 4.90 Å². The van der Waals surface area contributed by atoms with Gasteiger partial charge in [0.15, 0.2) is 0 Å². The molecule has 1 spiro atoms. The molecule has 4 heterocycles. The number of ether oxygens (including phenoxy) is 1. The van der Waals surface area contributed by atoms with Crippen LogP contribution in [0, 0.1) is 12.3 Å². The topological polar surface area (TPSA) is 131 Å². The highest BCUT2D eigenvalue weighted by atomic mass is 19.4. The van der Waals surface area contributed by atoms with Crippen LogP contribution in [0.3, 0.4) is 0 Å². The monoisotopic (exact) mass is 571 g/mol. The van der Waals surface area contributed by atoms with Crippen molar-refractivity contribution in [1.82, 2.24) is 25.1 Å². The SMILES string of the molecule is C/C=C/c1ccc(-n2ccc(C)n2)c(C(Oc2cc(N3CCC4(CC3)CNC(C(=O)O)C4)nc(N)n2)C(F)(F)F)c1. The summed E-state index contributed by atoms with van der Waals surface area (Å²) < 4.78 is 50.8. The summed E-state index contributed by atoms with van der Waals surface area (Å²) >= 11 is 0. The third-order valence-electron chi connectivity index (χ3n) is 7.71. The first-order chi connectivity index (χ1) is 19.5. The number of carboxylic acids is 1. The van der Waals surface area contributed by atoms with Gasteiger partial charge in [-0.3, -0.25) is 4.79 Å². The van der Waals surface area contributed by atoms with Crippen molar-refractivity contribution >= 4 is 23.8 Å². The zero-order valence-electron chi connectivity index (χ0n) is 22.7. The van der Waals surface area contributed by atoms with Crippen molar-refractivity contribution in [3.05, 3.63) is 59.4 Å². The van der Waals surface area contributed by atoms with E-state index in [1.54, 1.807) is 50.4 Å². The summed E-state index contributed by atoms with van der Waals surface area (Å²) in [5.74, 6) is -1.02. The Kier molecular flexibility index (Phi) is 7.64. The fourth-order valence-electron chi connectivity index (χ4n) is 5.60. The Balaban J connectivity index is 1.43. The minimum atomic E-state index is -4.79. The van der Waals surface area contributed by atoms with E-state index in [0.29, 0.717) is 56.0 Å². The summed E-state index contributed by atoms with van der Waals surface area (Å²) in [6.45, 7) is 5.23. The molecule has 0 radical (unpaired) electrons. The predicted octanol–water partition coefficient (Wildman–Crippen LogP) is 4.30. The number of anilines is 2. The average Bonchev–Trinajstić information content (AvgIpc) is 3.53. The first-order valence-corrected chi connectivity index (χ1v) is 13.3. The highest BCUT2D eigenvalue weighted by Crippen LogP contribution is 2.42. The number of hydrogen-bond acceptors (Lipinski definition) is 8. The van der Waals surface area contributed by atoms with Gasteiger partial charge in [-0.25, -0.2) is 4.68 Å². The number of nitrogens with one attached hydrogen (secondary N) is 1. The average molecular weight is 572 g/mol. The van der Waals surface area contributed by atoms with E-state index in [4.69, 9.17) is 10.5 Å². The number of piperidine rings is 1. The quantitative estimate of drug-likeness (QED) is 0.380. The van der Waals surface area contributed by atoms with Crippen LogP contribution in [0.15, 0.2) is 42.6 Å². The van der Waals surface area contributed by atoms with Crippen LogP contribution >= 0.6 is 0 Å². The van der Waals surface area contributed by atoms with Gasteiger partial charge in [-0.1, -0.05) is 18.2 Å². The van der Waals surface area contributed by atoms with Gasteiger partial charge in [-0.15, -0.1) is 0 Å². The van der Waals surface area contributed by atoms with Crippen LogP contribution in [0.2, 0.25) is 0 Å². The number of carboxylic acid groups (broad SMARTS) is 1. The summed E-state index contributed by atoms with van der Waals surface area (Å²) in [4.78, 5) is 21.6. The maximum atomic E-state index is 14.6. The highest BCUT2D eigenvalue weighted by Gasteiger charge is 2.46. The second-order valence-corrected chi connectivity index (χ2v) is 10.6. The first-order valence-electron chi connectivity index (χ1n) is 13.3. The number of benzene rings is 1. The van der Waals surface area contributed by atoms with Gasteiger partial charge < -0.3 is 25.8 Å². The summed E-state index contributed by atoms with van der Waals surface area (Å²) in [7, 11) is 0. The molecule has 2 saturated heterocycles. The van der Waals surface area contributed by atoms with Gasteiger partial charge in [0.1, 0.15) is 11.9 Å². The number of hydrogen-bond donors (Lipinski definition) is 3. The Bertz CT molecular complexity index is 1450. The molecule has 5 rings (SSSR count). The normalized spacial score (nSPS) is 19.6. The molecule has 0 amide bonds. The summed E-state index contributed by atoms with van der Waals surface area (Å²) in [6.07, 6.45) is -0.163. The molecule has 10 nitrogen and oxygen atoms in total. The number of halogens is 3. The summed E-state index contributed by atoms with van der Waals surface area (Å²) in [6, 6.07) is 7.23. The maximum absolute atomic E-state index is 14.6. The Morgan fingerprint density at radius 3 is 2.61 bits per heavy atom. The third kappa shape index (κ3) is 6.14. The van der Waals surface area contributed by atoms with E-state index >= 15 is 0 Å². The third-order valence-corrected chi connectivity index (χ3v) is 7.71. The minimum Gasteiger partial charge on any atom is -0.480 e. The number of rotatable bonds is 7. The highest BCUT2D eigenvalue weighted by molar-refractivity contribution is 5.74. The van der Waals surface area contributed by atoms with E-state index in [2.05, 4.69) is 20.4 Å². The van der Waals surface area contributed by atoms with Crippen molar-refractivity contribution in [2.75, 3.05) is 30.3 Å². The van der Waals surface area contributed by atoms with E-state index < -0.39 is 24.3 Å². The predicted molar refractivity (Wildman–Crippen MR) is 147 cm³/mol. The maximum Gasteiger partial charge on any atom is 0.429 e. The molecule has 2 aliphatic heterocycles. The number of nitrogens with two attached hydrogens (primary N) is 1. The van der Waals surface area contributed by atoms with Gasteiger partial charge in [0.25, 0.3) is 0 Å². The summed E-state index contributed by atoms with van der Waals surface area (Å²) in [5, 5.41) is 16.7. The van der Waals surface area contributed by atoms with Gasteiger partial charge >= 0.3 is 12.1 Å². The lowest BCUT2D eigenvalue weighted by Crippen LogP contribution is -2.41. The van der Waals surface area contributed by atoms with Crippen molar-refractivity contribution in [1.29, 1.82) is 0 Å². The first kappa shape index (κ1) is 28.4. The molecule has 0 bridgehead atoms. The van der Waals surface area contributed by atoms with Crippen LogP contribution in [-0.4, -0.2) is 62.7 Å².